The predicted molar refractivity (Wildman–Crippen MR) is 72.4 cm³/mol. The smallest absolute Gasteiger partial charge is 0.0962 e. The topological polar surface area (TPSA) is 38.9 Å². The SMILES string of the molecule is CCC1CCC(c2nc3c(s2)C(N)CCC3)C1. The van der Waals surface area contributed by atoms with E-state index < -0.39 is 0 Å². The molecule has 0 aliphatic heterocycles. The van der Waals surface area contributed by atoms with Crippen molar-refractivity contribution in [3.05, 3.63) is 15.6 Å². The van der Waals surface area contributed by atoms with Gasteiger partial charge in [0.15, 0.2) is 0 Å². The summed E-state index contributed by atoms with van der Waals surface area (Å²) in [6.45, 7) is 2.32. The summed E-state index contributed by atoms with van der Waals surface area (Å²) < 4.78 is 0. The average Bonchev–Trinajstić information content (AvgIpc) is 2.95. The van der Waals surface area contributed by atoms with Crippen LogP contribution in [0.1, 0.15) is 73.0 Å². The van der Waals surface area contributed by atoms with Crippen molar-refractivity contribution in [3.63, 3.8) is 0 Å². The van der Waals surface area contributed by atoms with Crippen LogP contribution < -0.4 is 5.73 Å². The van der Waals surface area contributed by atoms with Crippen molar-refractivity contribution in [2.75, 3.05) is 0 Å². The fourth-order valence-corrected chi connectivity index (χ4v) is 4.61. The van der Waals surface area contributed by atoms with Crippen molar-refractivity contribution < 1.29 is 0 Å². The molecule has 1 fully saturated rings. The van der Waals surface area contributed by atoms with Gasteiger partial charge < -0.3 is 5.73 Å². The molecule has 3 rings (SSSR count). The summed E-state index contributed by atoms with van der Waals surface area (Å²) in [6, 6.07) is 0.272. The molecule has 3 heteroatoms. The standard InChI is InChI=1S/C14H22N2S/c1-2-9-6-7-10(8-9)14-16-12-5-3-4-11(15)13(12)17-14/h9-11H,2-8,15H2,1H3. The van der Waals surface area contributed by atoms with Crippen LogP contribution in [0.2, 0.25) is 0 Å². The first-order chi connectivity index (χ1) is 8.28. The molecule has 1 aromatic rings. The average molecular weight is 250 g/mol. The molecule has 1 heterocycles. The summed E-state index contributed by atoms with van der Waals surface area (Å²) >= 11 is 1.92. The van der Waals surface area contributed by atoms with E-state index in [4.69, 9.17) is 10.7 Å². The third-order valence-electron chi connectivity index (χ3n) is 4.48. The third kappa shape index (κ3) is 2.15. The lowest BCUT2D eigenvalue weighted by Gasteiger charge is -2.15. The van der Waals surface area contributed by atoms with Gasteiger partial charge in [-0.25, -0.2) is 4.98 Å². The number of aromatic nitrogens is 1. The Morgan fingerprint density at radius 3 is 2.94 bits per heavy atom. The molecule has 2 aliphatic carbocycles. The Bertz CT molecular complexity index is 399. The van der Waals surface area contributed by atoms with Crippen molar-refractivity contribution >= 4 is 11.3 Å². The van der Waals surface area contributed by atoms with E-state index in [2.05, 4.69) is 6.92 Å². The largest absolute Gasteiger partial charge is 0.323 e. The summed E-state index contributed by atoms with van der Waals surface area (Å²) in [5.74, 6) is 1.68. The van der Waals surface area contributed by atoms with Crippen LogP contribution in [0.15, 0.2) is 0 Å². The highest BCUT2D eigenvalue weighted by molar-refractivity contribution is 7.12. The molecule has 1 saturated carbocycles. The monoisotopic (exact) mass is 250 g/mol. The summed E-state index contributed by atoms with van der Waals surface area (Å²) in [4.78, 5) is 6.29. The summed E-state index contributed by atoms with van der Waals surface area (Å²) in [6.07, 6.45) is 8.97. The highest BCUT2D eigenvalue weighted by Crippen LogP contribution is 2.43. The van der Waals surface area contributed by atoms with Crippen molar-refractivity contribution in [1.29, 1.82) is 0 Å². The predicted octanol–water partition coefficient (Wildman–Crippen LogP) is 3.77. The molecule has 94 valence electrons. The van der Waals surface area contributed by atoms with Crippen molar-refractivity contribution in [1.82, 2.24) is 4.98 Å². The first-order valence-corrected chi connectivity index (χ1v) is 7.84. The Hall–Kier alpha value is -0.410. The highest BCUT2D eigenvalue weighted by Gasteiger charge is 2.29. The van der Waals surface area contributed by atoms with Crippen LogP contribution in [-0.2, 0) is 6.42 Å². The lowest BCUT2D eigenvalue weighted by Crippen LogP contribution is -2.15. The third-order valence-corrected chi connectivity index (χ3v) is 5.87. The van der Waals surface area contributed by atoms with Gasteiger partial charge in [0.05, 0.1) is 10.7 Å². The van der Waals surface area contributed by atoms with Crippen LogP contribution >= 0.6 is 11.3 Å². The molecule has 0 bridgehead atoms. The van der Waals surface area contributed by atoms with Gasteiger partial charge in [-0.1, -0.05) is 13.3 Å². The second-order valence-corrected chi connectivity index (χ2v) is 6.71. The van der Waals surface area contributed by atoms with Crippen molar-refractivity contribution in [2.45, 2.75) is 63.8 Å². The Morgan fingerprint density at radius 2 is 2.24 bits per heavy atom. The van der Waals surface area contributed by atoms with E-state index in [9.17, 15) is 0 Å². The molecule has 17 heavy (non-hydrogen) atoms. The Balaban J connectivity index is 1.80. The van der Waals surface area contributed by atoms with Gasteiger partial charge in [0, 0.05) is 16.8 Å². The van der Waals surface area contributed by atoms with Gasteiger partial charge >= 0.3 is 0 Å². The second kappa shape index (κ2) is 4.69. The molecule has 2 N–H and O–H groups in total. The second-order valence-electron chi connectivity index (χ2n) is 5.65. The van der Waals surface area contributed by atoms with Crippen LogP contribution in [0, 0.1) is 5.92 Å². The molecular formula is C14H22N2S. The Labute approximate surface area is 108 Å². The number of hydrogen-bond acceptors (Lipinski definition) is 3. The Kier molecular flexibility index (Phi) is 3.22. The van der Waals surface area contributed by atoms with Crippen molar-refractivity contribution in [2.24, 2.45) is 11.7 Å². The quantitative estimate of drug-likeness (QED) is 0.867. The number of rotatable bonds is 2. The molecule has 2 aliphatic rings. The molecule has 0 amide bonds. The van der Waals surface area contributed by atoms with Crippen LogP contribution in [0.3, 0.4) is 0 Å². The van der Waals surface area contributed by atoms with E-state index in [1.165, 1.54) is 47.7 Å². The molecule has 0 aromatic carbocycles. The zero-order valence-corrected chi connectivity index (χ0v) is 11.4. The highest BCUT2D eigenvalue weighted by atomic mass is 32.1. The van der Waals surface area contributed by atoms with Gasteiger partial charge in [-0.2, -0.15) is 0 Å². The lowest BCUT2D eigenvalue weighted by atomic mass is 9.99. The first-order valence-electron chi connectivity index (χ1n) is 7.03. The fourth-order valence-electron chi connectivity index (χ4n) is 3.32. The van der Waals surface area contributed by atoms with Gasteiger partial charge in [-0.05, 0) is 44.4 Å². The number of aryl methyl sites for hydroxylation is 1. The van der Waals surface area contributed by atoms with E-state index in [-0.39, 0.29) is 6.04 Å². The van der Waals surface area contributed by atoms with Gasteiger partial charge in [0.1, 0.15) is 0 Å². The maximum absolute atomic E-state index is 6.18. The number of fused-ring (bicyclic) bond motifs is 1. The number of thiazole rings is 1. The normalized spacial score (nSPS) is 32.7. The number of nitrogens with two attached hydrogens (primary N) is 1. The zero-order chi connectivity index (χ0) is 11.8. The lowest BCUT2D eigenvalue weighted by molar-refractivity contribution is 0.520. The molecule has 3 atom stereocenters. The Morgan fingerprint density at radius 1 is 1.35 bits per heavy atom. The number of nitrogens with zero attached hydrogens (tertiary/aromatic N) is 1. The first kappa shape index (κ1) is 11.7. The van der Waals surface area contributed by atoms with Crippen LogP contribution in [0.25, 0.3) is 0 Å². The molecule has 2 nitrogen and oxygen atoms in total. The zero-order valence-electron chi connectivity index (χ0n) is 10.6. The van der Waals surface area contributed by atoms with E-state index in [0.717, 1.165) is 24.7 Å². The van der Waals surface area contributed by atoms with E-state index in [0.29, 0.717) is 0 Å². The number of hydrogen-bond donors (Lipinski definition) is 1. The maximum Gasteiger partial charge on any atom is 0.0962 e. The summed E-state index contributed by atoms with van der Waals surface area (Å²) in [5.41, 5.74) is 7.51. The minimum Gasteiger partial charge on any atom is -0.323 e. The molecular weight excluding hydrogens is 228 g/mol. The van der Waals surface area contributed by atoms with Crippen LogP contribution in [0.4, 0.5) is 0 Å². The maximum atomic E-state index is 6.18. The van der Waals surface area contributed by atoms with E-state index in [1.807, 2.05) is 11.3 Å². The molecule has 0 saturated heterocycles. The molecule has 0 spiro atoms. The molecule has 3 unspecified atom stereocenters. The van der Waals surface area contributed by atoms with E-state index >= 15 is 0 Å². The molecule has 0 radical (unpaired) electrons. The minimum absolute atomic E-state index is 0.272. The van der Waals surface area contributed by atoms with E-state index in [1.54, 1.807) is 0 Å². The molecule has 1 aromatic heterocycles. The van der Waals surface area contributed by atoms with Gasteiger partial charge in [-0.15, -0.1) is 11.3 Å². The van der Waals surface area contributed by atoms with Crippen molar-refractivity contribution in [3.8, 4) is 0 Å². The fraction of sp³-hybridized carbons (Fsp3) is 0.786. The summed E-state index contributed by atoms with van der Waals surface area (Å²) in [5, 5.41) is 1.39. The van der Waals surface area contributed by atoms with Crippen LogP contribution in [-0.4, -0.2) is 4.98 Å². The minimum atomic E-state index is 0.272. The summed E-state index contributed by atoms with van der Waals surface area (Å²) in [7, 11) is 0. The van der Waals surface area contributed by atoms with Gasteiger partial charge in [0.2, 0.25) is 0 Å². The van der Waals surface area contributed by atoms with Crippen LogP contribution in [0.5, 0.6) is 0 Å². The van der Waals surface area contributed by atoms with Gasteiger partial charge in [0.25, 0.3) is 0 Å². The van der Waals surface area contributed by atoms with Gasteiger partial charge in [-0.3, -0.25) is 0 Å².